The SMILES string of the molecule is CCNC(=NCc1ccc(OCCN(CC)CC)cc1)NCc1ncc(CC)s1. The molecule has 1 heterocycles. The quantitative estimate of drug-likeness (QED) is 0.407. The second-order valence-electron chi connectivity index (χ2n) is 6.64. The highest BCUT2D eigenvalue weighted by Gasteiger charge is 2.03. The summed E-state index contributed by atoms with van der Waals surface area (Å²) in [7, 11) is 0. The number of aromatic nitrogens is 1. The number of aliphatic imine (C=N–C) groups is 1. The van der Waals surface area contributed by atoms with Crippen LogP contribution in [0.3, 0.4) is 0 Å². The molecule has 0 amide bonds. The summed E-state index contributed by atoms with van der Waals surface area (Å²) in [6, 6.07) is 8.20. The zero-order valence-corrected chi connectivity index (χ0v) is 19.0. The molecule has 0 saturated heterocycles. The normalized spacial score (nSPS) is 11.7. The molecule has 0 spiro atoms. The van der Waals surface area contributed by atoms with E-state index in [1.807, 2.05) is 18.3 Å². The van der Waals surface area contributed by atoms with Crippen molar-refractivity contribution in [2.24, 2.45) is 4.99 Å². The first-order valence-corrected chi connectivity index (χ1v) is 11.4. The van der Waals surface area contributed by atoms with Gasteiger partial charge in [0.25, 0.3) is 0 Å². The summed E-state index contributed by atoms with van der Waals surface area (Å²) in [4.78, 5) is 12.8. The van der Waals surface area contributed by atoms with Crippen LogP contribution in [0.5, 0.6) is 5.75 Å². The first-order chi connectivity index (χ1) is 14.2. The largest absolute Gasteiger partial charge is 0.492 e. The standard InChI is InChI=1S/C22H35N5OS/c1-5-20-16-24-21(29-20)17-26-22(23-6-2)25-15-18-9-11-19(12-10-18)28-14-13-27(7-3)8-4/h9-12,16H,5-8,13-15,17H2,1-4H3,(H2,23,25,26). The molecule has 1 aromatic heterocycles. The first-order valence-electron chi connectivity index (χ1n) is 10.6. The average Bonchev–Trinajstić information content (AvgIpc) is 3.22. The van der Waals surface area contributed by atoms with Crippen molar-refractivity contribution in [2.75, 3.05) is 32.8 Å². The Morgan fingerprint density at radius 1 is 1.10 bits per heavy atom. The molecular weight excluding hydrogens is 382 g/mol. The lowest BCUT2D eigenvalue weighted by atomic mass is 10.2. The minimum absolute atomic E-state index is 0.618. The molecule has 0 saturated carbocycles. The Morgan fingerprint density at radius 3 is 2.48 bits per heavy atom. The van der Waals surface area contributed by atoms with Gasteiger partial charge in [0.05, 0.1) is 13.1 Å². The number of nitrogens with zero attached hydrogens (tertiary/aromatic N) is 3. The first kappa shape index (κ1) is 23.2. The van der Waals surface area contributed by atoms with Gasteiger partial charge in [0.1, 0.15) is 17.4 Å². The lowest BCUT2D eigenvalue weighted by molar-refractivity contribution is 0.223. The average molecular weight is 418 g/mol. The molecule has 2 aromatic rings. The fourth-order valence-corrected chi connectivity index (χ4v) is 3.59. The van der Waals surface area contributed by atoms with E-state index in [2.05, 4.69) is 65.3 Å². The molecule has 0 aliphatic carbocycles. The summed E-state index contributed by atoms with van der Waals surface area (Å²) in [5.74, 6) is 1.71. The van der Waals surface area contributed by atoms with Crippen molar-refractivity contribution in [1.82, 2.24) is 20.5 Å². The van der Waals surface area contributed by atoms with Gasteiger partial charge in [-0.15, -0.1) is 11.3 Å². The second kappa shape index (κ2) is 13.2. The van der Waals surface area contributed by atoms with E-state index < -0.39 is 0 Å². The van der Waals surface area contributed by atoms with Crippen LogP contribution < -0.4 is 15.4 Å². The van der Waals surface area contributed by atoms with E-state index in [0.717, 1.165) is 54.9 Å². The van der Waals surface area contributed by atoms with E-state index in [1.54, 1.807) is 11.3 Å². The highest BCUT2D eigenvalue weighted by molar-refractivity contribution is 7.11. The molecule has 6 nitrogen and oxygen atoms in total. The molecule has 2 N–H and O–H groups in total. The molecule has 0 bridgehead atoms. The number of ether oxygens (including phenoxy) is 1. The molecule has 0 radical (unpaired) electrons. The Morgan fingerprint density at radius 2 is 1.86 bits per heavy atom. The summed E-state index contributed by atoms with van der Waals surface area (Å²) in [5, 5.41) is 7.74. The van der Waals surface area contributed by atoms with Crippen LogP contribution in [0.15, 0.2) is 35.5 Å². The van der Waals surface area contributed by atoms with Crippen molar-refractivity contribution in [3.8, 4) is 5.75 Å². The number of aryl methyl sites for hydroxylation is 1. The van der Waals surface area contributed by atoms with E-state index in [0.29, 0.717) is 19.7 Å². The summed E-state index contributed by atoms with van der Waals surface area (Å²) >= 11 is 1.75. The molecular formula is C22H35N5OS. The fraction of sp³-hybridized carbons (Fsp3) is 0.545. The van der Waals surface area contributed by atoms with E-state index in [4.69, 9.17) is 4.74 Å². The Labute approximate surface area is 179 Å². The molecule has 160 valence electrons. The van der Waals surface area contributed by atoms with Gasteiger partial charge in [-0.3, -0.25) is 0 Å². The number of thiazole rings is 1. The number of hydrogen-bond donors (Lipinski definition) is 2. The van der Waals surface area contributed by atoms with Crippen LogP contribution in [-0.4, -0.2) is 48.6 Å². The van der Waals surface area contributed by atoms with Gasteiger partial charge in [-0.25, -0.2) is 9.98 Å². The van der Waals surface area contributed by atoms with Gasteiger partial charge in [-0.1, -0.05) is 32.9 Å². The highest BCUT2D eigenvalue weighted by Crippen LogP contribution is 2.14. The summed E-state index contributed by atoms with van der Waals surface area (Å²) in [6.45, 7) is 14.5. The van der Waals surface area contributed by atoms with Crippen LogP contribution >= 0.6 is 11.3 Å². The molecule has 1 aromatic carbocycles. The highest BCUT2D eigenvalue weighted by atomic mass is 32.1. The maximum atomic E-state index is 5.85. The minimum Gasteiger partial charge on any atom is -0.492 e. The predicted molar refractivity (Wildman–Crippen MR) is 123 cm³/mol. The lowest BCUT2D eigenvalue weighted by Gasteiger charge is -2.18. The monoisotopic (exact) mass is 417 g/mol. The number of likely N-dealkylation sites (N-methyl/N-ethyl adjacent to an activating group) is 1. The third-order valence-electron chi connectivity index (χ3n) is 4.61. The summed E-state index contributed by atoms with van der Waals surface area (Å²) in [6.07, 6.45) is 2.98. The minimum atomic E-state index is 0.618. The van der Waals surface area contributed by atoms with Gasteiger partial charge >= 0.3 is 0 Å². The predicted octanol–water partition coefficient (Wildman–Crippen LogP) is 3.68. The Hall–Kier alpha value is -2.12. The van der Waals surface area contributed by atoms with Crippen LogP contribution in [0.2, 0.25) is 0 Å². The summed E-state index contributed by atoms with van der Waals surface area (Å²) < 4.78 is 5.85. The zero-order chi connectivity index (χ0) is 20.9. The number of nitrogens with one attached hydrogen (secondary N) is 2. The van der Waals surface area contributed by atoms with Crippen molar-refractivity contribution in [3.63, 3.8) is 0 Å². The molecule has 0 unspecified atom stereocenters. The number of benzene rings is 1. The number of hydrogen-bond acceptors (Lipinski definition) is 5. The Bertz CT molecular complexity index is 725. The van der Waals surface area contributed by atoms with Crippen molar-refractivity contribution < 1.29 is 4.74 Å². The second-order valence-corrected chi connectivity index (χ2v) is 7.84. The van der Waals surface area contributed by atoms with Gasteiger partial charge in [0.2, 0.25) is 0 Å². The van der Waals surface area contributed by atoms with Crippen molar-refractivity contribution in [3.05, 3.63) is 45.9 Å². The number of rotatable bonds is 12. The van der Waals surface area contributed by atoms with Gasteiger partial charge < -0.3 is 20.3 Å². The smallest absolute Gasteiger partial charge is 0.191 e. The van der Waals surface area contributed by atoms with Crippen LogP contribution in [0.4, 0.5) is 0 Å². The van der Waals surface area contributed by atoms with Gasteiger partial charge in [0.15, 0.2) is 5.96 Å². The van der Waals surface area contributed by atoms with Gasteiger partial charge in [-0.2, -0.15) is 0 Å². The summed E-state index contributed by atoms with van der Waals surface area (Å²) in [5.41, 5.74) is 1.15. The molecule has 0 aliphatic rings. The molecule has 2 rings (SSSR count). The van der Waals surface area contributed by atoms with E-state index in [-0.39, 0.29) is 0 Å². The molecule has 7 heteroatoms. The van der Waals surface area contributed by atoms with Gasteiger partial charge in [0, 0.05) is 24.2 Å². The molecule has 0 fully saturated rings. The van der Waals surface area contributed by atoms with Crippen LogP contribution in [0, 0.1) is 0 Å². The Kier molecular flexibility index (Phi) is 10.5. The number of guanidine groups is 1. The zero-order valence-electron chi connectivity index (χ0n) is 18.2. The van der Waals surface area contributed by atoms with Crippen molar-refractivity contribution in [1.29, 1.82) is 0 Å². The van der Waals surface area contributed by atoms with Crippen LogP contribution in [0.25, 0.3) is 0 Å². The topological polar surface area (TPSA) is 61.8 Å². The van der Waals surface area contributed by atoms with Gasteiger partial charge in [-0.05, 0) is 44.1 Å². The van der Waals surface area contributed by atoms with E-state index in [9.17, 15) is 0 Å². The molecule has 0 aliphatic heterocycles. The van der Waals surface area contributed by atoms with Crippen LogP contribution in [0.1, 0.15) is 43.1 Å². The maximum absolute atomic E-state index is 5.85. The van der Waals surface area contributed by atoms with Crippen molar-refractivity contribution >= 4 is 17.3 Å². The lowest BCUT2D eigenvalue weighted by Crippen LogP contribution is -2.36. The molecule has 29 heavy (non-hydrogen) atoms. The van der Waals surface area contributed by atoms with E-state index >= 15 is 0 Å². The Balaban J connectivity index is 1.83. The fourth-order valence-electron chi connectivity index (χ4n) is 2.79. The van der Waals surface area contributed by atoms with E-state index in [1.165, 1.54) is 4.88 Å². The third kappa shape index (κ3) is 8.41. The maximum Gasteiger partial charge on any atom is 0.191 e. The van der Waals surface area contributed by atoms with Crippen LogP contribution in [-0.2, 0) is 19.5 Å². The third-order valence-corrected chi connectivity index (χ3v) is 5.76. The molecule has 0 atom stereocenters. The van der Waals surface area contributed by atoms with Crippen molar-refractivity contribution in [2.45, 2.75) is 47.2 Å².